The van der Waals surface area contributed by atoms with Crippen molar-refractivity contribution in [3.63, 3.8) is 0 Å². The summed E-state index contributed by atoms with van der Waals surface area (Å²) in [5.41, 5.74) is 1.12. The Bertz CT molecular complexity index is 558. The maximum Gasteiger partial charge on any atom is 0.131 e. The highest BCUT2D eigenvalue weighted by molar-refractivity contribution is 5.37. The molecule has 1 N–H and O–H groups in total. The van der Waals surface area contributed by atoms with E-state index >= 15 is 0 Å². The van der Waals surface area contributed by atoms with Crippen LogP contribution in [0.5, 0.6) is 11.5 Å². The minimum Gasteiger partial charge on any atom is -0.457 e. The van der Waals surface area contributed by atoms with Gasteiger partial charge in [-0.3, -0.25) is 0 Å². The highest BCUT2D eigenvalue weighted by atomic mass is 19.1. The molecule has 0 heterocycles. The maximum absolute atomic E-state index is 12.9. The second-order valence-corrected chi connectivity index (χ2v) is 5.77. The molecule has 0 saturated heterocycles. The van der Waals surface area contributed by atoms with Crippen molar-refractivity contribution in [3.8, 4) is 11.5 Å². The molecule has 0 radical (unpaired) electrons. The Balaban J connectivity index is 2.13. The van der Waals surface area contributed by atoms with E-state index in [0.717, 1.165) is 17.9 Å². The van der Waals surface area contributed by atoms with Crippen LogP contribution in [0.2, 0.25) is 0 Å². The van der Waals surface area contributed by atoms with Crippen LogP contribution in [0, 0.1) is 5.82 Å². The fourth-order valence-corrected chi connectivity index (χ4v) is 1.74. The molecule has 0 atom stereocenters. The third kappa shape index (κ3) is 4.35. The predicted octanol–water partition coefficient (Wildman–Crippen LogP) is 4.51. The molecule has 0 spiro atoms. The molecule has 20 heavy (non-hydrogen) atoms. The molecule has 2 aromatic rings. The molecule has 0 saturated carbocycles. The van der Waals surface area contributed by atoms with Gasteiger partial charge in [0.05, 0.1) is 0 Å². The molecule has 0 fully saturated rings. The lowest BCUT2D eigenvalue weighted by Crippen LogP contribution is -2.35. The summed E-state index contributed by atoms with van der Waals surface area (Å²) in [5.74, 6) is 1.16. The van der Waals surface area contributed by atoms with E-state index in [4.69, 9.17) is 4.74 Å². The number of hydrogen-bond acceptors (Lipinski definition) is 2. The Labute approximate surface area is 119 Å². The molecule has 0 aliphatic heterocycles. The van der Waals surface area contributed by atoms with Crippen LogP contribution in [0.25, 0.3) is 0 Å². The number of benzene rings is 2. The minimum absolute atomic E-state index is 0.0446. The Hall–Kier alpha value is -1.87. The summed E-state index contributed by atoms with van der Waals surface area (Å²) in [6.45, 7) is 7.09. The zero-order valence-corrected chi connectivity index (χ0v) is 12.1. The predicted molar refractivity (Wildman–Crippen MR) is 79.5 cm³/mol. The van der Waals surface area contributed by atoms with E-state index in [1.54, 1.807) is 12.1 Å². The normalized spacial score (nSPS) is 11.4. The fraction of sp³-hybridized carbons (Fsp3) is 0.294. The van der Waals surface area contributed by atoms with Gasteiger partial charge in [-0.1, -0.05) is 18.2 Å². The van der Waals surface area contributed by atoms with Crippen molar-refractivity contribution in [2.45, 2.75) is 32.9 Å². The van der Waals surface area contributed by atoms with Gasteiger partial charge in [0, 0.05) is 17.6 Å². The van der Waals surface area contributed by atoms with E-state index < -0.39 is 0 Å². The Morgan fingerprint density at radius 3 is 2.30 bits per heavy atom. The number of nitrogens with one attached hydrogen (secondary N) is 1. The third-order valence-electron chi connectivity index (χ3n) is 2.82. The van der Waals surface area contributed by atoms with Crippen molar-refractivity contribution in [2.24, 2.45) is 0 Å². The van der Waals surface area contributed by atoms with E-state index in [-0.39, 0.29) is 11.4 Å². The highest BCUT2D eigenvalue weighted by Crippen LogP contribution is 2.25. The molecule has 0 bridgehead atoms. The molecule has 106 valence electrons. The number of halogens is 1. The quantitative estimate of drug-likeness (QED) is 0.885. The Morgan fingerprint density at radius 1 is 1.00 bits per heavy atom. The summed E-state index contributed by atoms with van der Waals surface area (Å²) < 4.78 is 18.7. The Morgan fingerprint density at radius 2 is 1.65 bits per heavy atom. The first-order valence-corrected chi connectivity index (χ1v) is 6.70. The van der Waals surface area contributed by atoms with Crippen molar-refractivity contribution in [1.29, 1.82) is 0 Å². The van der Waals surface area contributed by atoms with Gasteiger partial charge in [0.2, 0.25) is 0 Å². The van der Waals surface area contributed by atoms with Crippen molar-refractivity contribution in [1.82, 2.24) is 5.32 Å². The molecule has 0 unspecified atom stereocenters. The first-order chi connectivity index (χ1) is 9.44. The standard InChI is InChI=1S/C17H20FNO/c1-17(2,3)19-12-13-6-4-5-7-16(13)20-15-10-8-14(18)9-11-15/h4-11,19H,12H2,1-3H3. The Kier molecular flexibility index (Phi) is 4.40. The van der Waals surface area contributed by atoms with Gasteiger partial charge in [0.25, 0.3) is 0 Å². The van der Waals surface area contributed by atoms with Crippen LogP contribution in [0.15, 0.2) is 48.5 Å². The first-order valence-electron chi connectivity index (χ1n) is 6.70. The van der Waals surface area contributed by atoms with E-state index in [2.05, 4.69) is 26.1 Å². The van der Waals surface area contributed by atoms with Crippen LogP contribution in [0.1, 0.15) is 26.3 Å². The van der Waals surface area contributed by atoms with Gasteiger partial charge in [-0.2, -0.15) is 0 Å². The number of ether oxygens (including phenoxy) is 1. The molecular weight excluding hydrogens is 253 g/mol. The van der Waals surface area contributed by atoms with Gasteiger partial charge in [0.15, 0.2) is 0 Å². The molecule has 2 rings (SSSR count). The molecule has 0 amide bonds. The lowest BCUT2D eigenvalue weighted by atomic mass is 10.1. The molecule has 0 aromatic heterocycles. The van der Waals surface area contributed by atoms with Gasteiger partial charge in [-0.15, -0.1) is 0 Å². The first kappa shape index (κ1) is 14.5. The SMILES string of the molecule is CC(C)(C)NCc1ccccc1Oc1ccc(F)cc1. The van der Waals surface area contributed by atoms with Gasteiger partial charge in [-0.25, -0.2) is 4.39 Å². The van der Waals surface area contributed by atoms with Crippen LogP contribution in [0.4, 0.5) is 4.39 Å². The van der Waals surface area contributed by atoms with E-state index in [9.17, 15) is 4.39 Å². The van der Waals surface area contributed by atoms with Crippen LogP contribution in [0.3, 0.4) is 0 Å². The van der Waals surface area contributed by atoms with Crippen LogP contribution >= 0.6 is 0 Å². The summed E-state index contributed by atoms with van der Waals surface area (Å²) in [6.07, 6.45) is 0. The largest absolute Gasteiger partial charge is 0.457 e. The fourth-order valence-electron chi connectivity index (χ4n) is 1.74. The zero-order valence-electron chi connectivity index (χ0n) is 12.1. The highest BCUT2D eigenvalue weighted by Gasteiger charge is 2.11. The number of rotatable bonds is 4. The summed E-state index contributed by atoms with van der Waals surface area (Å²) in [5, 5.41) is 3.43. The van der Waals surface area contributed by atoms with E-state index in [0.29, 0.717) is 5.75 Å². The summed E-state index contributed by atoms with van der Waals surface area (Å²) in [7, 11) is 0. The minimum atomic E-state index is -0.264. The van der Waals surface area contributed by atoms with E-state index in [1.807, 2.05) is 24.3 Å². The number of para-hydroxylation sites is 1. The molecule has 3 heteroatoms. The van der Waals surface area contributed by atoms with Crippen LogP contribution in [-0.2, 0) is 6.54 Å². The van der Waals surface area contributed by atoms with Crippen molar-refractivity contribution < 1.29 is 9.13 Å². The summed E-state index contributed by atoms with van der Waals surface area (Å²) in [6, 6.07) is 13.9. The average Bonchev–Trinajstić information content (AvgIpc) is 2.39. The molecule has 0 aliphatic rings. The van der Waals surface area contributed by atoms with E-state index in [1.165, 1.54) is 12.1 Å². The molecule has 2 aromatic carbocycles. The van der Waals surface area contributed by atoms with Crippen LogP contribution < -0.4 is 10.1 Å². The van der Waals surface area contributed by atoms with Gasteiger partial charge in [-0.05, 0) is 51.1 Å². The average molecular weight is 273 g/mol. The van der Waals surface area contributed by atoms with Crippen molar-refractivity contribution >= 4 is 0 Å². The summed E-state index contributed by atoms with van der Waals surface area (Å²) in [4.78, 5) is 0. The van der Waals surface area contributed by atoms with Crippen molar-refractivity contribution in [2.75, 3.05) is 0 Å². The summed E-state index contributed by atoms with van der Waals surface area (Å²) >= 11 is 0. The van der Waals surface area contributed by atoms with Gasteiger partial charge >= 0.3 is 0 Å². The molecule has 2 nitrogen and oxygen atoms in total. The monoisotopic (exact) mass is 273 g/mol. The van der Waals surface area contributed by atoms with Crippen molar-refractivity contribution in [3.05, 3.63) is 59.9 Å². The topological polar surface area (TPSA) is 21.3 Å². The van der Waals surface area contributed by atoms with Gasteiger partial charge < -0.3 is 10.1 Å². The smallest absolute Gasteiger partial charge is 0.131 e. The lowest BCUT2D eigenvalue weighted by molar-refractivity contribution is 0.414. The third-order valence-corrected chi connectivity index (χ3v) is 2.82. The molecule has 0 aliphatic carbocycles. The maximum atomic E-state index is 12.9. The number of hydrogen-bond donors (Lipinski definition) is 1. The second-order valence-electron chi connectivity index (χ2n) is 5.77. The molecular formula is C17H20FNO. The van der Waals surface area contributed by atoms with Crippen LogP contribution in [-0.4, -0.2) is 5.54 Å². The van der Waals surface area contributed by atoms with Gasteiger partial charge in [0.1, 0.15) is 17.3 Å². The zero-order chi connectivity index (χ0) is 14.6. The lowest BCUT2D eigenvalue weighted by Gasteiger charge is -2.21. The second kappa shape index (κ2) is 6.06.